The average molecular weight is 380 g/mol. The van der Waals surface area contributed by atoms with Crippen molar-refractivity contribution in [2.75, 3.05) is 0 Å². The first kappa shape index (κ1) is 19.7. The summed E-state index contributed by atoms with van der Waals surface area (Å²) in [6, 6.07) is 7.76. The van der Waals surface area contributed by atoms with Crippen LogP contribution in [-0.4, -0.2) is 22.9 Å². The minimum absolute atomic E-state index is 0.376. The van der Waals surface area contributed by atoms with Gasteiger partial charge in [-0.2, -0.15) is 0 Å². The highest BCUT2D eigenvalue weighted by Crippen LogP contribution is 2.35. The zero-order chi connectivity index (χ0) is 19.5. The highest BCUT2D eigenvalue weighted by molar-refractivity contribution is 5.79. The Morgan fingerprint density at radius 2 is 1.57 bits per heavy atom. The molecule has 28 heavy (non-hydrogen) atoms. The van der Waals surface area contributed by atoms with Gasteiger partial charge in [0.25, 0.3) is 0 Å². The molecule has 2 nitrogen and oxygen atoms in total. The summed E-state index contributed by atoms with van der Waals surface area (Å²) in [6.07, 6.45) is 15.5. The fraction of sp³-hybridized carbons (Fsp3) is 0.654. The summed E-state index contributed by atoms with van der Waals surface area (Å²) in [4.78, 5) is 15.9. The third-order valence-corrected chi connectivity index (χ3v) is 7.58. The average Bonchev–Trinajstić information content (AvgIpc) is 2.73. The third-order valence-electron chi connectivity index (χ3n) is 7.58. The van der Waals surface area contributed by atoms with Crippen LogP contribution in [0.2, 0.25) is 0 Å². The molecular formula is C26H37NO. The van der Waals surface area contributed by atoms with Crippen molar-refractivity contribution >= 4 is 5.91 Å². The van der Waals surface area contributed by atoms with Crippen LogP contribution in [-0.2, 0) is 17.6 Å². The molecule has 1 aromatic rings. The van der Waals surface area contributed by atoms with E-state index in [1.165, 1.54) is 86.5 Å². The van der Waals surface area contributed by atoms with E-state index in [0.29, 0.717) is 30.3 Å². The predicted octanol–water partition coefficient (Wildman–Crippen LogP) is 6.33. The van der Waals surface area contributed by atoms with E-state index >= 15 is 0 Å². The number of carbonyl (C=O) groups excluding carboxylic acids is 1. The van der Waals surface area contributed by atoms with Crippen molar-refractivity contribution in [3.8, 4) is 0 Å². The fourth-order valence-corrected chi connectivity index (χ4v) is 5.81. The summed E-state index contributed by atoms with van der Waals surface area (Å²) < 4.78 is 0. The molecule has 1 unspecified atom stereocenters. The Bertz CT molecular complexity index is 691. The van der Waals surface area contributed by atoms with E-state index in [1.54, 1.807) is 0 Å². The summed E-state index contributed by atoms with van der Waals surface area (Å²) in [5.74, 6) is 0.799. The number of rotatable bonds is 4. The second-order valence-corrected chi connectivity index (χ2v) is 9.47. The molecule has 1 aromatic carbocycles. The molecule has 0 aromatic heterocycles. The van der Waals surface area contributed by atoms with E-state index in [4.69, 9.17) is 0 Å². The summed E-state index contributed by atoms with van der Waals surface area (Å²) in [6.45, 7) is 6.53. The van der Waals surface area contributed by atoms with Crippen LogP contribution in [0.15, 0.2) is 30.4 Å². The minimum Gasteiger partial charge on any atom is -0.336 e. The normalized spacial score (nSPS) is 24.0. The number of nitrogens with zero attached hydrogens (tertiary/aromatic N) is 1. The first-order valence-corrected chi connectivity index (χ1v) is 11.7. The Kier molecular flexibility index (Phi) is 6.23. The van der Waals surface area contributed by atoms with Gasteiger partial charge in [0, 0.05) is 18.0 Å². The van der Waals surface area contributed by atoms with Crippen LogP contribution in [0.25, 0.3) is 0 Å². The molecular weight excluding hydrogens is 342 g/mol. The fourth-order valence-electron chi connectivity index (χ4n) is 5.81. The molecule has 1 amide bonds. The lowest BCUT2D eigenvalue weighted by molar-refractivity contribution is -0.137. The molecule has 1 atom stereocenters. The summed E-state index contributed by atoms with van der Waals surface area (Å²) in [7, 11) is 0. The summed E-state index contributed by atoms with van der Waals surface area (Å²) in [5.41, 5.74) is 5.39. The van der Waals surface area contributed by atoms with Crippen LogP contribution in [0.5, 0.6) is 0 Å². The van der Waals surface area contributed by atoms with E-state index in [0.717, 1.165) is 12.8 Å². The molecule has 152 valence electrons. The quantitative estimate of drug-likeness (QED) is 0.560. The highest BCUT2D eigenvalue weighted by Gasteiger charge is 2.32. The van der Waals surface area contributed by atoms with Gasteiger partial charge in [0.2, 0.25) is 5.91 Å². The monoisotopic (exact) mass is 379 g/mol. The van der Waals surface area contributed by atoms with E-state index in [1.807, 2.05) is 0 Å². The molecule has 0 aliphatic heterocycles. The van der Waals surface area contributed by atoms with Gasteiger partial charge in [0.05, 0.1) is 6.42 Å². The van der Waals surface area contributed by atoms with Gasteiger partial charge in [0.1, 0.15) is 0 Å². The third kappa shape index (κ3) is 4.21. The molecule has 0 bridgehead atoms. The molecule has 0 heterocycles. The zero-order valence-corrected chi connectivity index (χ0v) is 17.7. The van der Waals surface area contributed by atoms with Crippen LogP contribution >= 0.6 is 0 Å². The van der Waals surface area contributed by atoms with Crippen molar-refractivity contribution in [2.24, 2.45) is 0 Å². The summed E-state index contributed by atoms with van der Waals surface area (Å²) in [5, 5.41) is 0. The lowest BCUT2D eigenvalue weighted by Crippen LogP contribution is -2.49. The molecule has 2 fully saturated rings. The smallest absolute Gasteiger partial charge is 0.227 e. The van der Waals surface area contributed by atoms with Gasteiger partial charge in [0.15, 0.2) is 0 Å². The van der Waals surface area contributed by atoms with E-state index < -0.39 is 0 Å². The summed E-state index contributed by atoms with van der Waals surface area (Å²) >= 11 is 0. The van der Waals surface area contributed by atoms with Crippen molar-refractivity contribution in [1.29, 1.82) is 0 Å². The van der Waals surface area contributed by atoms with Crippen molar-refractivity contribution in [3.05, 3.63) is 47.0 Å². The molecule has 3 aliphatic rings. The molecule has 0 radical (unpaired) electrons. The number of benzene rings is 1. The van der Waals surface area contributed by atoms with Gasteiger partial charge >= 0.3 is 0 Å². The van der Waals surface area contributed by atoms with Crippen LogP contribution < -0.4 is 0 Å². The molecule has 0 N–H and O–H groups in total. The number of fused-ring (bicyclic) bond motifs is 1. The molecule has 4 rings (SSSR count). The second-order valence-electron chi connectivity index (χ2n) is 9.47. The maximum atomic E-state index is 13.5. The van der Waals surface area contributed by atoms with Crippen LogP contribution in [0.4, 0.5) is 0 Å². The standard InChI is InChI=1S/C26H37NO/c1-19-13-15-22-16-14-21(17-25(22)20(19)2)18-26(28)27(23-9-5-3-6-10-23)24-11-7-4-8-12-24/h14,16-17,20,23-24H,1,3-13,15,18H2,2H3. The molecule has 2 saturated carbocycles. The van der Waals surface area contributed by atoms with E-state index in [9.17, 15) is 4.79 Å². The maximum absolute atomic E-state index is 13.5. The Balaban J connectivity index is 1.53. The molecule has 3 aliphatic carbocycles. The Hall–Kier alpha value is -1.57. The Morgan fingerprint density at radius 3 is 2.18 bits per heavy atom. The minimum atomic E-state index is 0.376. The van der Waals surface area contributed by atoms with Crippen LogP contribution in [0.1, 0.15) is 100 Å². The number of hydrogen-bond donors (Lipinski definition) is 0. The van der Waals surface area contributed by atoms with Gasteiger partial charge in [-0.15, -0.1) is 0 Å². The predicted molar refractivity (Wildman–Crippen MR) is 117 cm³/mol. The van der Waals surface area contributed by atoms with Crippen molar-refractivity contribution in [1.82, 2.24) is 4.90 Å². The second kappa shape index (κ2) is 8.84. The van der Waals surface area contributed by atoms with Gasteiger partial charge in [-0.25, -0.2) is 0 Å². The molecule has 0 saturated heterocycles. The van der Waals surface area contributed by atoms with Crippen molar-refractivity contribution < 1.29 is 4.79 Å². The van der Waals surface area contributed by atoms with E-state index in [-0.39, 0.29) is 0 Å². The van der Waals surface area contributed by atoms with Crippen LogP contribution in [0, 0.1) is 0 Å². The lowest BCUT2D eigenvalue weighted by atomic mass is 9.80. The largest absolute Gasteiger partial charge is 0.336 e. The molecule has 2 heteroatoms. The number of amides is 1. The maximum Gasteiger partial charge on any atom is 0.227 e. The van der Waals surface area contributed by atoms with Crippen molar-refractivity contribution in [3.63, 3.8) is 0 Å². The van der Waals surface area contributed by atoms with Crippen LogP contribution in [0.3, 0.4) is 0 Å². The Morgan fingerprint density at radius 1 is 0.964 bits per heavy atom. The number of aryl methyl sites for hydroxylation is 1. The highest BCUT2D eigenvalue weighted by atomic mass is 16.2. The number of hydrogen-bond acceptors (Lipinski definition) is 1. The Labute approximate surface area is 171 Å². The van der Waals surface area contributed by atoms with Gasteiger partial charge in [-0.05, 0) is 55.2 Å². The molecule has 0 spiro atoms. The number of carbonyl (C=O) groups is 1. The van der Waals surface area contributed by atoms with E-state index in [2.05, 4.69) is 36.6 Å². The lowest BCUT2D eigenvalue weighted by Gasteiger charge is -2.42. The zero-order valence-electron chi connectivity index (χ0n) is 17.7. The van der Waals surface area contributed by atoms with Gasteiger partial charge < -0.3 is 4.90 Å². The van der Waals surface area contributed by atoms with Gasteiger partial charge in [-0.3, -0.25) is 4.79 Å². The topological polar surface area (TPSA) is 20.3 Å². The SMILES string of the molecule is C=C1CCc2ccc(CC(=O)N(C3CCCCC3)C3CCCCC3)cc2C1C. The number of allylic oxidation sites excluding steroid dienone is 1. The first-order valence-electron chi connectivity index (χ1n) is 11.7. The van der Waals surface area contributed by atoms with Gasteiger partial charge in [-0.1, -0.05) is 75.8 Å². The first-order chi connectivity index (χ1) is 13.6. The van der Waals surface area contributed by atoms with Crippen molar-refractivity contribution in [2.45, 2.75) is 108 Å².